The molecule has 3 heteroatoms. The fraction of sp³-hybridized carbons (Fsp3) is 0.600. The summed E-state index contributed by atoms with van der Waals surface area (Å²) in [6.45, 7) is 8.91. The lowest BCUT2D eigenvalue weighted by Gasteiger charge is -2.48. The summed E-state index contributed by atoms with van der Waals surface area (Å²) in [5.74, 6) is 0. The highest BCUT2D eigenvalue weighted by Crippen LogP contribution is 2.40. The summed E-state index contributed by atoms with van der Waals surface area (Å²) < 4.78 is 0. The highest BCUT2D eigenvalue weighted by Gasteiger charge is 2.47. The molecule has 98 valence electrons. The van der Waals surface area contributed by atoms with E-state index in [0.717, 1.165) is 13.1 Å². The predicted molar refractivity (Wildman–Crippen MR) is 75.9 cm³/mol. The van der Waals surface area contributed by atoms with Gasteiger partial charge in [-0.15, -0.1) is 0 Å². The first kappa shape index (κ1) is 12.0. The molecule has 1 aromatic carbocycles. The Balaban J connectivity index is 1.61. The van der Waals surface area contributed by atoms with Crippen molar-refractivity contribution >= 4 is 5.69 Å². The van der Waals surface area contributed by atoms with Gasteiger partial charge in [-0.25, -0.2) is 0 Å². The summed E-state index contributed by atoms with van der Waals surface area (Å²) in [5.41, 5.74) is 8.88. The van der Waals surface area contributed by atoms with Crippen LogP contribution in [0.15, 0.2) is 24.3 Å². The Bertz CT molecular complexity index is 406. The van der Waals surface area contributed by atoms with Crippen LogP contribution in [0.3, 0.4) is 0 Å². The van der Waals surface area contributed by atoms with Crippen LogP contribution >= 0.6 is 0 Å². The molecule has 0 amide bonds. The molecule has 1 aromatic rings. The molecule has 2 saturated heterocycles. The van der Waals surface area contributed by atoms with Gasteiger partial charge in [0.15, 0.2) is 0 Å². The third-order valence-corrected chi connectivity index (χ3v) is 4.40. The van der Waals surface area contributed by atoms with Gasteiger partial charge in [-0.3, -0.25) is 0 Å². The normalized spacial score (nSPS) is 22.4. The molecular formula is C15H23N3. The molecule has 0 aliphatic carbocycles. The van der Waals surface area contributed by atoms with E-state index in [-0.39, 0.29) is 0 Å². The Morgan fingerprint density at radius 2 is 1.89 bits per heavy atom. The molecule has 3 rings (SSSR count). The lowest BCUT2D eigenvalue weighted by molar-refractivity contribution is 0.0213. The van der Waals surface area contributed by atoms with E-state index in [2.05, 4.69) is 41.0 Å². The van der Waals surface area contributed by atoms with Gasteiger partial charge in [-0.05, 0) is 25.5 Å². The van der Waals surface area contributed by atoms with Gasteiger partial charge in [0.25, 0.3) is 0 Å². The van der Waals surface area contributed by atoms with Gasteiger partial charge < -0.3 is 15.5 Å². The van der Waals surface area contributed by atoms with Gasteiger partial charge in [0.1, 0.15) is 0 Å². The first-order valence-corrected chi connectivity index (χ1v) is 6.95. The van der Waals surface area contributed by atoms with Crippen molar-refractivity contribution in [3.63, 3.8) is 0 Å². The average molecular weight is 245 g/mol. The highest BCUT2D eigenvalue weighted by atomic mass is 15.3. The second-order valence-corrected chi connectivity index (χ2v) is 6.01. The Morgan fingerprint density at radius 3 is 2.56 bits per heavy atom. The zero-order valence-corrected chi connectivity index (χ0v) is 11.2. The molecule has 0 bridgehead atoms. The third kappa shape index (κ3) is 2.13. The van der Waals surface area contributed by atoms with Crippen LogP contribution in [-0.2, 0) is 0 Å². The Labute approximate surface area is 110 Å². The van der Waals surface area contributed by atoms with E-state index < -0.39 is 0 Å². The van der Waals surface area contributed by atoms with Gasteiger partial charge in [0, 0.05) is 50.4 Å². The van der Waals surface area contributed by atoms with Crippen molar-refractivity contribution < 1.29 is 0 Å². The van der Waals surface area contributed by atoms with E-state index in [1.165, 1.54) is 43.9 Å². The maximum atomic E-state index is 5.61. The van der Waals surface area contributed by atoms with Crippen LogP contribution in [0.1, 0.15) is 12.0 Å². The Kier molecular flexibility index (Phi) is 3.04. The van der Waals surface area contributed by atoms with Crippen molar-refractivity contribution in [2.75, 3.05) is 44.2 Å². The average Bonchev–Trinajstić information content (AvgIpc) is 2.75. The molecule has 2 heterocycles. The number of hydrogen-bond acceptors (Lipinski definition) is 3. The second kappa shape index (κ2) is 4.56. The minimum Gasteiger partial charge on any atom is -0.371 e. The van der Waals surface area contributed by atoms with Crippen LogP contribution in [0, 0.1) is 12.3 Å². The summed E-state index contributed by atoms with van der Waals surface area (Å²) in [4.78, 5) is 5.03. The molecule has 2 N–H and O–H groups in total. The Hall–Kier alpha value is -1.06. The molecule has 0 saturated carbocycles. The van der Waals surface area contributed by atoms with Gasteiger partial charge in [0.05, 0.1) is 0 Å². The van der Waals surface area contributed by atoms with Gasteiger partial charge in [-0.2, -0.15) is 0 Å². The van der Waals surface area contributed by atoms with E-state index in [9.17, 15) is 0 Å². The highest BCUT2D eigenvalue weighted by molar-refractivity contribution is 5.49. The van der Waals surface area contributed by atoms with Crippen LogP contribution in [0.25, 0.3) is 0 Å². The van der Waals surface area contributed by atoms with E-state index in [1.807, 2.05) is 0 Å². The molecule has 18 heavy (non-hydrogen) atoms. The number of benzene rings is 1. The van der Waals surface area contributed by atoms with Crippen LogP contribution in [0.4, 0.5) is 5.69 Å². The largest absolute Gasteiger partial charge is 0.371 e. The topological polar surface area (TPSA) is 32.5 Å². The number of nitrogens with zero attached hydrogens (tertiary/aromatic N) is 2. The predicted octanol–water partition coefficient (Wildman–Crippen LogP) is 1.47. The number of hydrogen-bond donors (Lipinski definition) is 1. The van der Waals surface area contributed by atoms with E-state index in [1.54, 1.807) is 0 Å². The van der Waals surface area contributed by atoms with Gasteiger partial charge in [-0.1, -0.05) is 17.7 Å². The van der Waals surface area contributed by atoms with E-state index in [4.69, 9.17) is 5.73 Å². The zero-order valence-electron chi connectivity index (χ0n) is 11.2. The van der Waals surface area contributed by atoms with Crippen LogP contribution in [0.5, 0.6) is 0 Å². The lowest BCUT2D eigenvalue weighted by atomic mass is 9.79. The molecule has 2 aliphatic heterocycles. The zero-order chi connectivity index (χ0) is 12.6. The quantitative estimate of drug-likeness (QED) is 0.875. The molecular weight excluding hydrogens is 222 g/mol. The number of likely N-dealkylation sites (tertiary alicyclic amines) is 1. The van der Waals surface area contributed by atoms with Gasteiger partial charge in [0.2, 0.25) is 0 Å². The van der Waals surface area contributed by atoms with Crippen molar-refractivity contribution in [1.29, 1.82) is 0 Å². The van der Waals surface area contributed by atoms with E-state index in [0.29, 0.717) is 5.41 Å². The molecule has 2 aliphatic rings. The fourth-order valence-electron chi connectivity index (χ4n) is 3.41. The standard InChI is InChI=1S/C15H23N3/c1-13-2-4-14(5-3-13)18-8-6-15(12-18)10-17(11-15)9-7-16/h2-5H,6-12,16H2,1H3. The minimum atomic E-state index is 0.556. The van der Waals surface area contributed by atoms with Crippen molar-refractivity contribution in [3.8, 4) is 0 Å². The summed E-state index contributed by atoms with van der Waals surface area (Å²) in [5, 5.41) is 0. The molecule has 1 spiro atoms. The maximum Gasteiger partial charge on any atom is 0.0366 e. The summed E-state index contributed by atoms with van der Waals surface area (Å²) in [6.07, 6.45) is 1.34. The number of aryl methyl sites for hydroxylation is 1. The Morgan fingerprint density at radius 1 is 1.17 bits per heavy atom. The summed E-state index contributed by atoms with van der Waals surface area (Å²) in [7, 11) is 0. The molecule has 0 radical (unpaired) electrons. The molecule has 0 aromatic heterocycles. The minimum absolute atomic E-state index is 0.556. The molecule has 0 atom stereocenters. The van der Waals surface area contributed by atoms with E-state index >= 15 is 0 Å². The smallest absolute Gasteiger partial charge is 0.0366 e. The van der Waals surface area contributed by atoms with Gasteiger partial charge >= 0.3 is 0 Å². The van der Waals surface area contributed by atoms with Crippen LogP contribution in [-0.4, -0.2) is 44.2 Å². The third-order valence-electron chi connectivity index (χ3n) is 4.40. The lowest BCUT2D eigenvalue weighted by Crippen LogP contribution is -2.58. The monoisotopic (exact) mass is 245 g/mol. The molecule has 3 nitrogen and oxygen atoms in total. The second-order valence-electron chi connectivity index (χ2n) is 6.01. The van der Waals surface area contributed by atoms with Crippen molar-refractivity contribution in [2.45, 2.75) is 13.3 Å². The fourth-order valence-corrected chi connectivity index (χ4v) is 3.41. The van der Waals surface area contributed by atoms with Crippen molar-refractivity contribution in [1.82, 2.24) is 4.90 Å². The first-order chi connectivity index (χ1) is 8.71. The number of anilines is 1. The molecule has 2 fully saturated rings. The van der Waals surface area contributed by atoms with Crippen LogP contribution < -0.4 is 10.6 Å². The van der Waals surface area contributed by atoms with Crippen LogP contribution in [0.2, 0.25) is 0 Å². The number of nitrogens with two attached hydrogens (primary N) is 1. The van der Waals surface area contributed by atoms with Crippen molar-refractivity contribution in [3.05, 3.63) is 29.8 Å². The van der Waals surface area contributed by atoms with Crippen molar-refractivity contribution in [2.24, 2.45) is 11.1 Å². The number of rotatable bonds is 3. The summed E-state index contributed by atoms with van der Waals surface area (Å²) in [6, 6.07) is 8.93. The SMILES string of the molecule is Cc1ccc(N2CCC3(CN(CCN)C3)C2)cc1. The first-order valence-electron chi connectivity index (χ1n) is 6.95. The maximum absolute atomic E-state index is 5.61. The summed E-state index contributed by atoms with van der Waals surface area (Å²) >= 11 is 0. The molecule has 0 unspecified atom stereocenters.